The van der Waals surface area contributed by atoms with E-state index in [0.29, 0.717) is 23.6 Å². The Balaban J connectivity index is 0.00000242. The largest absolute Gasteiger partial charge is 0.376 e. The van der Waals surface area contributed by atoms with Crippen molar-refractivity contribution >= 4 is 29.9 Å². The Morgan fingerprint density at radius 3 is 2.95 bits per heavy atom. The van der Waals surface area contributed by atoms with Gasteiger partial charge < -0.3 is 15.4 Å². The third-order valence-corrected chi connectivity index (χ3v) is 3.37. The summed E-state index contributed by atoms with van der Waals surface area (Å²) in [5.74, 6) is 0.253. The van der Waals surface area contributed by atoms with Gasteiger partial charge in [-0.15, -0.1) is 24.0 Å². The molecule has 1 aliphatic rings. The Morgan fingerprint density at radius 1 is 1.50 bits per heavy atom. The zero-order chi connectivity index (χ0) is 15.1. The lowest BCUT2D eigenvalue weighted by molar-refractivity contribution is 0.114. The fourth-order valence-electron chi connectivity index (χ4n) is 2.20. The van der Waals surface area contributed by atoms with Crippen molar-refractivity contribution in [3.05, 3.63) is 35.1 Å². The number of nitrogens with one attached hydrogen (secondary N) is 2. The van der Waals surface area contributed by atoms with Crippen molar-refractivity contribution in [2.75, 3.05) is 20.2 Å². The molecule has 0 saturated carbocycles. The van der Waals surface area contributed by atoms with Gasteiger partial charge in [0.15, 0.2) is 5.96 Å². The van der Waals surface area contributed by atoms with Crippen LogP contribution in [0.2, 0.25) is 0 Å². The summed E-state index contributed by atoms with van der Waals surface area (Å²) in [6.07, 6.45) is 2.34. The van der Waals surface area contributed by atoms with Crippen molar-refractivity contribution in [3.8, 4) is 6.07 Å². The Hall–Kier alpha value is -1.40. The highest BCUT2D eigenvalue weighted by atomic mass is 127. The maximum absolute atomic E-state index is 13.7. The quantitative estimate of drug-likeness (QED) is 0.447. The minimum absolute atomic E-state index is 0. The zero-order valence-electron chi connectivity index (χ0n) is 12.4. The third kappa shape index (κ3) is 5.42. The first-order valence-corrected chi connectivity index (χ1v) is 6.97. The summed E-state index contributed by atoms with van der Waals surface area (Å²) in [5, 5.41) is 15.0. The molecule has 0 radical (unpaired) electrons. The lowest BCUT2D eigenvalue weighted by Gasteiger charge is -2.15. The van der Waals surface area contributed by atoms with Gasteiger partial charge in [0.05, 0.1) is 17.7 Å². The minimum atomic E-state index is -0.337. The number of halogens is 2. The molecule has 1 heterocycles. The maximum Gasteiger partial charge on any atom is 0.191 e. The highest BCUT2D eigenvalue weighted by molar-refractivity contribution is 14.0. The number of benzene rings is 1. The predicted octanol–water partition coefficient (Wildman–Crippen LogP) is 2.16. The van der Waals surface area contributed by atoms with E-state index in [9.17, 15) is 4.39 Å². The lowest BCUT2D eigenvalue weighted by atomic mass is 10.1. The lowest BCUT2D eigenvalue weighted by Crippen LogP contribution is -2.40. The van der Waals surface area contributed by atoms with Crippen LogP contribution in [0.25, 0.3) is 0 Å². The molecule has 0 bridgehead atoms. The molecule has 5 nitrogen and oxygen atoms in total. The van der Waals surface area contributed by atoms with Gasteiger partial charge in [0.2, 0.25) is 0 Å². The fourth-order valence-corrected chi connectivity index (χ4v) is 2.20. The molecule has 1 aromatic rings. The van der Waals surface area contributed by atoms with Crippen LogP contribution >= 0.6 is 24.0 Å². The van der Waals surface area contributed by atoms with Crippen molar-refractivity contribution in [2.45, 2.75) is 25.5 Å². The van der Waals surface area contributed by atoms with Crippen LogP contribution in [-0.2, 0) is 11.3 Å². The summed E-state index contributed by atoms with van der Waals surface area (Å²) < 4.78 is 19.2. The van der Waals surface area contributed by atoms with Crippen LogP contribution in [0.3, 0.4) is 0 Å². The summed E-state index contributed by atoms with van der Waals surface area (Å²) in [6.45, 7) is 1.76. The van der Waals surface area contributed by atoms with E-state index in [1.54, 1.807) is 7.05 Å². The average molecular weight is 418 g/mol. The first kappa shape index (κ1) is 18.6. The van der Waals surface area contributed by atoms with Crippen LogP contribution < -0.4 is 10.6 Å². The van der Waals surface area contributed by atoms with E-state index in [0.717, 1.165) is 19.4 Å². The molecular formula is C15H20FIN4O. The predicted molar refractivity (Wildman–Crippen MR) is 93.7 cm³/mol. The molecule has 0 aliphatic carbocycles. The van der Waals surface area contributed by atoms with Crippen molar-refractivity contribution < 1.29 is 9.13 Å². The molecule has 120 valence electrons. The van der Waals surface area contributed by atoms with Crippen molar-refractivity contribution in [1.82, 2.24) is 10.6 Å². The fraction of sp³-hybridized carbons (Fsp3) is 0.467. The molecule has 1 atom stereocenters. The van der Waals surface area contributed by atoms with E-state index < -0.39 is 0 Å². The summed E-state index contributed by atoms with van der Waals surface area (Å²) in [7, 11) is 1.66. The monoisotopic (exact) mass is 418 g/mol. The van der Waals surface area contributed by atoms with Crippen LogP contribution in [-0.4, -0.2) is 32.3 Å². The Bertz CT molecular complexity index is 553. The number of aliphatic imine (C=N–C) groups is 1. The molecule has 2 rings (SSSR count). The molecule has 7 heteroatoms. The number of ether oxygens (including phenoxy) is 1. The standard InChI is InChI=1S/C15H19FN4O.HI/c1-18-15(20-10-13-3-2-6-21-13)19-9-12-7-11(8-17)4-5-14(12)16;/h4-5,7,13H,2-3,6,9-10H2,1H3,(H2,18,19,20);1H. The van der Waals surface area contributed by atoms with Crippen LogP contribution in [0.1, 0.15) is 24.0 Å². The molecule has 1 aliphatic heterocycles. The topological polar surface area (TPSA) is 69.4 Å². The molecule has 0 aromatic heterocycles. The van der Waals surface area contributed by atoms with Gasteiger partial charge in [0, 0.05) is 32.3 Å². The Labute approximate surface area is 147 Å². The molecule has 2 N–H and O–H groups in total. The van der Waals surface area contributed by atoms with Gasteiger partial charge in [-0.05, 0) is 31.0 Å². The third-order valence-electron chi connectivity index (χ3n) is 3.37. The molecule has 1 unspecified atom stereocenters. The zero-order valence-corrected chi connectivity index (χ0v) is 14.8. The Kier molecular flexibility index (Phi) is 8.12. The number of rotatable bonds is 4. The average Bonchev–Trinajstić information content (AvgIpc) is 3.02. The highest BCUT2D eigenvalue weighted by Crippen LogP contribution is 2.11. The van der Waals surface area contributed by atoms with Crippen LogP contribution in [0.5, 0.6) is 0 Å². The molecule has 1 saturated heterocycles. The van der Waals surface area contributed by atoms with Gasteiger partial charge in [0.25, 0.3) is 0 Å². The van der Waals surface area contributed by atoms with E-state index in [2.05, 4.69) is 15.6 Å². The second-order valence-corrected chi connectivity index (χ2v) is 4.86. The summed E-state index contributed by atoms with van der Waals surface area (Å²) in [5.41, 5.74) is 0.879. The summed E-state index contributed by atoms with van der Waals surface area (Å²) >= 11 is 0. The van der Waals surface area contributed by atoms with Gasteiger partial charge in [-0.2, -0.15) is 5.26 Å². The number of nitrogens with zero attached hydrogens (tertiary/aromatic N) is 2. The number of hydrogen-bond donors (Lipinski definition) is 2. The van der Waals surface area contributed by atoms with Gasteiger partial charge >= 0.3 is 0 Å². The summed E-state index contributed by atoms with van der Waals surface area (Å²) in [4.78, 5) is 4.09. The molecule has 0 amide bonds. The Morgan fingerprint density at radius 2 is 2.32 bits per heavy atom. The van der Waals surface area contributed by atoms with E-state index in [1.165, 1.54) is 18.2 Å². The van der Waals surface area contributed by atoms with Crippen molar-refractivity contribution in [2.24, 2.45) is 4.99 Å². The van der Waals surface area contributed by atoms with E-state index in [1.807, 2.05) is 6.07 Å². The number of nitriles is 1. The number of hydrogen-bond acceptors (Lipinski definition) is 3. The van der Waals surface area contributed by atoms with Gasteiger partial charge in [-0.25, -0.2) is 4.39 Å². The second kappa shape index (κ2) is 9.58. The second-order valence-electron chi connectivity index (χ2n) is 4.86. The molecule has 1 aromatic carbocycles. The molecule has 0 spiro atoms. The van der Waals surface area contributed by atoms with Crippen molar-refractivity contribution in [3.63, 3.8) is 0 Å². The van der Waals surface area contributed by atoms with E-state index >= 15 is 0 Å². The van der Waals surface area contributed by atoms with Crippen LogP contribution in [0.15, 0.2) is 23.2 Å². The van der Waals surface area contributed by atoms with Crippen LogP contribution in [0.4, 0.5) is 4.39 Å². The summed E-state index contributed by atoms with van der Waals surface area (Å²) in [6, 6.07) is 6.30. The molecule has 22 heavy (non-hydrogen) atoms. The van der Waals surface area contributed by atoms with Gasteiger partial charge in [0.1, 0.15) is 5.82 Å². The van der Waals surface area contributed by atoms with Crippen molar-refractivity contribution in [1.29, 1.82) is 5.26 Å². The van der Waals surface area contributed by atoms with Gasteiger partial charge in [-0.3, -0.25) is 4.99 Å². The van der Waals surface area contributed by atoms with E-state index in [-0.39, 0.29) is 42.4 Å². The maximum atomic E-state index is 13.7. The van der Waals surface area contributed by atoms with E-state index in [4.69, 9.17) is 10.00 Å². The minimum Gasteiger partial charge on any atom is -0.376 e. The first-order valence-electron chi connectivity index (χ1n) is 6.97. The van der Waals surface area contributed by atoms with Gasteiger partial charge in [-0.1, -0.05) is 0 Å². The first-order chi connectivity index (χ1) is 10.2. The smallest absolute Gasteiger partial charge is 0.191 e. The SMILES string of the molecule is CN=C(NCc1cc(C#N)ccc1F)NCC1CCCO1.I. The van der Waals surface area contributed by atoms with Crippen LogP contribution in [0, 0.1) is 17.1 Å². The molecular weight excluding hydrogens is 398 g/mol. The normalized spacial score (nSPS) is 17.5. The molecule has 1 fully saturated rings. The number of guanidine groups is 1. The highest BCUT2D eigenvalue weighted by Gasteiger charge is 2.15.